The van der Waals surface area contributed by atoms with Crippen molar-refractivity contribution in [2.75, 3.05) is 18.6 Å². The van der Waals surface area contributed by atoms with Gasteiger partial charge in [0.2, 0.25) is 5.91 Å². The lowest BCUT2D eigenvalue weighted by atomic mass is 9.56. The maximum atomic E-state index is 14.3. The topological polar surface area (TPSA) is 93.4 Å². The van der Waals surface area contributed by atoms with Crippen LogP contribution in [0, 0.1) is 24.7 Å². The van der Waals surface area contributed by atoms with E-state index in [-0.39, 0.29) is 23.3 Å². The van der Waals surface area contributed by atoms with E-state index < -0.39 is 0 Å². The molecule has 8 heteroatoms. The molecule has 4 aliphatic rings. The number of carbonyl (C=O) groups excluding carboxylic acids is 1. The molecule has 44 heavy (non-hydrogen) atoms. The number of aromatic nitrogens is 4. The number of nitrogens with zero attached hydrogens (tertiary/aromatic N) is 5. The number of hydrogen-bond acceptors (Lipinski definition) is 6. The van der Waals surface area contributed by atoms with Crippen LogP contribution in [0.4, 0.5) is 5.82 Å². The van der Waals surface area contributed by atoms with Crippen molar-refractivity contribution in [2.45, 2.75) is 108 Å². The Labute approximate surface area is 261 Å². The van der Waals surface area contributed by atoms with Gasteiger partial charge in [0.25, 0.3) is 0 Å². The molecular weight excluding hydrogens is 550 g/mol. The van der Waals surface area contributed by atoms with Gasteiger partial charge in [0.1, 0.15) is 17.9 Å². The normalized spacial score (nSPS) is 28.7. The second-order valence-corrected chi connectivity index (χ2v) is 14.1. The monoisotopic (exact) mass is 597 g/mol. The number of ether oxygens (including phenoxy) is 1. The number of anilines is 1. The molecule has 1 aromatic carbocycles. The van der Waals surface area contributed by atoms with Crippen molar-refractivity contribution in [3.05, 3.63) is 54.1 Å². The summed E-state index contributed by atoms with van der Waals surface area (Å²) in [6.07, 6.45) is 18.9. The van der Waals surface area contributed by atoms with Crippen molar-refractivity contribution < 1.29 is 14.6 Å². The highest BCUT2D eigenvalue weighted by molar-refractivity contribution is 5.94. The summed E-state index contributed by atoms with van der Waals surface area (Å²) in [7, 11) is 1.74. The van der Waals surface area contributed by atoms with E-state index in [0.29, 0.717) is 43.1 Å². The molecule has 4 aliphatic carbocycles. The summed E-state index contributed by atoms with van der Waals surface area (Å²) in [5, 5.41) is 14.8. The van der Waals surface area contributed by atoms with Gasteiger partial charge in [-0.3, -0.25) is 14.4 Å². The number of carbonyl (C=O) groups is 1. The van der Waals surface area contributed by atoms with E-state index >= 15 is 0 Å². The Kier molecular flexibility index (Phi) is 8.21. The number of amides is 1. The van der Waals surface area contributed by atoms with Gasteiger partial charge in [-0.05, 0) is 112 Å². The Balaban J connectivity index is 1.14. The summed E-state index contributed by atoms with van der Waals surface area (Å²) < 4.78 is 7.63. The van der Waals surface area contributed by atoms with Gasteiger partial charge in [0.05, 0.1) is 31.1 Å². The molecule has 2 bridgehead atoms. The zero-order valence-corrected chi connectivity index (χ0v) is 26.3. The van der Waals surface area contributed by atoms with Crippen LogP contribution in [0.2, 0.25) is 0 Å². The van der Waals surface area contributed by atoms with Crippen molar-refractivity contribution in [1.29, 1.82) is 0 Å². The zero-order valence-electron chi connectivity index (χ0n) is 26.3. The molecule has 0 radical (unpaired) electrons. The van der Waals surface area contributed by atoms with Crippen molar-refractivity contribution in [3.63, 3.8) is 0 Å². The Morgan fingerprint density at radius 3 is 2.64 bits per heavy atom. The average Bonchev–Trinajstić information content (AvgIpc) is 3.50. The second kappa shape index (κ2) is 12.3. The number of fused-ring (bicyclic) bond motifs is 2. The van der Waals surface area contributed by atoms with Gasteiger partial charge < -0.3 is 9.84 Å². The van der Waals surface area contributed by atoms with Gasteiger partial charge in [-0.15, -0.1) is 0 Å². The van der Waals surface area contributed by atoms with Crippen LogP contribution in [0.3, 0.4) is 0 Å². The van der Waals surface area contributed by atoms with Gasteiger partial charge in [-0.2, -0.15) is 5.10 Å². The highest BCUT2D eigenvalue weighted by Gasteiger charge is 2.45. The van der Waals surface area contributed by atoms with E-state index in [1.54, 1.807) is 13.4 Å². The molecule has 0 spiro atoms. The van der Waals surface area contributed by atoms with Crippen LogP contribution < -0.4 is 9.64 Å². The standard InChI is InChI=1S/C36H47N5O3/c1-24-17-29(10-13-33(24)44-2)36-15-4-5-26(19-36)27(14-16-36)21-40(35(43)25-8-11-31(42)12-9-25)34-18-32(37-23-38-34)28-20-39-41(22-28)30-6-3-7-30/h10,13,17-18,20,22-23,25-27,30-31,42H,3-9,11-12,14-16,19,21H2,1-2H3. The van der Waals surface area contributed by atoms with Gasteiger partial charge in [0, 0.05) is 30.3 Å². The van der Waals surface area contributed by atoms with E-state index in [0.717, 1.165) is 42.7 Å². The highest BCUT2D eigenvalue weighted by Crippen LogP contribution is 2.53. The second-order valence-electron chi connectivity index (χ2n) is 14.1. The lowest BCUT2D eigenvalue weighted by molar-refractivity contribution is -0.124. The van der Waals surface area contributed by atoms with Crippen LogP contribution in [0.5, 0.6) is 5.75 Å². The third kappa shape index (κ3) is 5.66. The summed E-state index contributed by atoms with van der Waals surface area (Å²) in [6, 6.07) is 9.26. The molecule has 7 rings (SSSR count). The first-order valence-electron chi connectivity index (χ1n) is 16.9. The van der Waals surface area contributed by atoms with E-state index in [4.69, 9.17) is 9.72 Å². The van der Waals surface area contributed by atoms with Crippen LogP contribution in [0.1, 0.15) is 101 Å². The lowest BCUT2D eigenvalue weighted by Gasteiger charge is -2.50. The lowest BCUT2D eigenvalue weighted by Crippen LogP contribution is -2.47. The molecule has 234 valence electrons. The van der Waals surface area contributed by atoms with Crippen LogP contribution in [0.25, 0.3) is 11.3 Å². The van der Waals surface area contributed by atoms with E-state index in [1.165, 1.54) is 56.1 Å². The average molecular weight is 598 g/mol. The number of methoxy groups -OCH3 is 1. The number of aliphatic hydroxyl groups is 1. The van der Waals surface area contributed by atoms with Gasteiger partial charge >= 0.3 is 0 Å². The molecule has 2 heterocycles. The minimum atomic E-state index is -0.291. The first kappa shape index (κ1) is 29.5. The predicted octanol–water partition coefficient (Wildman–Crippen LogP) is 6.80. The summed E-state index contributed by atoms with van der Waals surface area (Å²) in [6.45, 7) is 2.84. The molecule has 3 aromatic rings. The van der Waals surface area contributed by atoms with Crippen LogP contribution in [-0.4, -0.2) is 50.5 Å². The van der Waals surface area contributed by atoms with Crippen molar-refractivity contribution in [1.82, 2.24) is 19.7 Å². The van der Waals surface area contributed by atoms with Crippen molar-refractivity contribution >= 4 is 11.7 Å². The van der Waals surface area contributed by atoms with Crippen molar-refractivity contribution in [2.24, 2.45) is 17.8 Å². The first-order chi connectivity index (χ1) is 21.4. The summed E-state index contributed by atoms with van der Waals surface area (Å²) in [5.74, 6) is 2.74. The van der Waals surface area contributed by atoms with Gasteiger partial charge in [-0.1, -0.05) is 25.0 Å². The fourth-order valence-corrected chi connectivity index (χ4v) is 8.64. The van der Waals surface area contributed by atoms with Gasteiger partial charge in [0.15, 0.2) is 0 Å². The maximum Gasteiger partial charge on any atom is 0.231 e. The van der Waals surface area contributed by atoms with Crippen LogP contribution >= 0.6 is 0 Å². The van der Waals surface area contributed by atoms with Gasteiger partial charge in [-0.25, -0.2) is 9.97 Å². The molecule has 0 saturated heterocycles. The predicted molar refractivity (Wildman–Crippen MR) is 171 cm³/mol. The quantitative estimate of drug-likeness (QED) is 0.307. The van der Waals surface area contributed by atoms with Crippen molar-refractivity contribution in [3.8, 4) is 17.0 Å². The fraction of sp³-hybridized carbons (Fsp3) is 0.611. The van der Waals surface area contributed by atoms with Crippen LogP contribution in [-0.2, 0) is 10.2 Å². The molecule has 2 aromatic heterocycles. The number of aliphatic hydroxyl groups excluding tert-OH is 1. The van der Waals surface area contributed by atoms with Crippen LogP contribution in [0.15, 0.2) is 43.0 Å². The Bertz CT molecular complexity index is 1480. The zero-order chi connectivity index (χ0) is 30.3. The SMILES string of the molecule is COc1ccc(C23CCCC(C2)C(CN(C(=O)C2CCC(O)CC2)c2cc(-c4cnn(C5CCC5)c4)ncn2)CC3)cc1C. The number of hydrogen-bond donors (Lipinski definition) is 1. The Morgan fingerprint density at radius 1 is 1.05 bits per heavy atom. The Morgan fingerprint density at radius 2 is 1.89 bits per heavy atom. The third-order valence-corrected chi connectivity index (χ3v) is 11.6. The number of rotatable bonds is 8. The number of benzene rings is 1. The first-order valence-corrected chi connectivity index (χ1v) is 16.9. The largest absolute Gasteiger partial charge is 0.496 e. The van der Waals surface area contributed by atoms with E-state index in [2.05, 4.69) is 46.1 Å². The molecule has 4 saturated carbocycles. The summed E-state index contributed by atoms with van der Waals surface area (Å²) in [5.41, 5.74) is 4.66. The number of aryl methyl sites for hydroxylation is 1. The highest BCUT2D eigenvalue weighted by atomic mass is 16.5. The maximum absolute atomic E-state index is 14.3. The molecular formula is C36H47N5O3. The molecule has 3 atom stereocenters. The van der Waals surface area contributed by atoms with E-state index in [9.17, 15) is 9.90 Å². The molecule has 1 N–H and O–H groups in total. The van der Waals surface area contributed by atoms with E-state index in [1.807, 2.05) is 17.2 Å². The molecule has 0 aliphatic heterocycles. The minimum absolute atomic E-state index is 0.0745. The molecule has 3 unspecified atom stereocenters. The molecule has 1 amide bonds. The summed E-state index contributed by atoms with van der Waals surface area (Å²) >= 11 is 0. The molecule has 8 nitrogen and oxygen atoms in total. The minimum Gasteiger partial charge on any atom is -0.496 e. The third-order valence-electron chi connectivity index (χ3n) is 11.6. The smallest absolute Gasteiger partial charge is 0.231 e. The molecule has 4 fully saturated rings. The summed E-state index contributed by atoms with van der Waals surface area (Å²) in [4.78, 5) is 25.6. The fourth-order valence-electron chi connectivity index (χ4n) is 8.64. The Hall–Kier alpha value is -3.26.